The lowest BCUT2D eigenvalue weighted by molar-refractivity contribution is -0.116. The molecule has 3 amide bonds. The molecule has 0 aliphatic carbocycles. The SMILES string of the molecule is COc1ccc(/C=C(\NC(=O)c2ccccc2)C(=O)Nc2ccc(SC(C(=O)Nc3cccc(Cl)c3C)c3ccccc3)cc2)c(OC)c1. The summed E-state index contributed by atoms with van der Waals surface area (Å²) in [6.45, 7) is 1.86. The fraction of sp³-hybridized carbons (Fsp3) is 0.103. The van der Waals surface area contributed by atoms with Crippen LogP contribution in [0.3, 0.4) is 0 Å². The van der Waals surface area contributed by atoms with Gasteiger partial charge in [0.05, 0.1) is 14.2 Å². The van der Waals surface area contributed by atoms with Crippen LogP contribution in [0.2, 0.25) is 5.02 Å². The van der Waals surface area contributed by atoms with Crippen molar-refractivity contribution in [3.05, 3.63) is 154 Å². The molecule has 5 rings (SSSR count). The smallest absolute Gasteiger partial charge is 0.272 e. The summed E-state index contributed by atoms with van der Waals surface area (Å²) in [5, 5.41) is 8.64. The van der Waals surface area contributed by atoms with E-state index < -0.39 is 17.1 Å². The molecule has 10 heteroatoms. The van der Waals surface area contributed by atoms with Gasteiger partial charge in [0.1, 0.15) is 22.4 Å². The van der Waals surface area contributed by atoms with E-state index in [1.807, 2.05) is 55.5 Å². The van der Waals surface area contributed by atoms with Gasteiger partial charge < -0.3 is 25.4 Å². The Kier molecular flexibility index (Phi) is 11.8. The van der Waals surface area contributed by atoms with Gasteiger partial charge in [-0.3, -0.25) is 14.4 Å². The van der Waals surface area contributed by atoms with Gasteiger partial charge in [-0.25, -0.2) is 0 Å². The summed E-state index contributed by atoms with van der Waals surface area (Å²) in [6.07, 6.45) is 1.55. The molecule has 1 atom stereocenters. The van der Waals surface area contributed by atoms with Crippen molar-refractivity contribution >= 4 is 58.5 Å². The van der Waals surface area contributed by atoms with Crippen molar-refractivity contribution in [2.75, 3.05) is 24.9 Å². The molecular weight excluding hydrogens is 658 g/mol. The molecule has 0 radical (unpaired) electrons. The number of anilines is 2. The van der Waals surface area contributed by atoms with Crippen LogP contribution >= 0.6 is 23.4 Å². The first-order chi connectivity index (χ1) is 23.7. The van der Waals surface area contributed by atoms with Gasteiger partial charge >= 0.3 is 0 Å². The molecule has 3 N–H and O–H groups in total. The summed E-state index contributed by atoms with van der Waals surface area (Å²) >= 11 is 7.67. The first-order valence-corrected chi connectivity index (χ1v) is 16.5. The summed E-state index contributed by atoms with van der Waals surface area (Å²) < 4.78 is 10.8. The highest BCUT2D eigenvalue weighted by Crippen LogP contribution is 2.37. The molecule has 0 bridgehead atoms. The van der Waals surface area contributed by atoms with E-state index in [2.05, 4.69) is 16.0 Å². The molecule has 0 saturated carbocycles. The zero-order chi connectivity index (χ0) is 34.8. The zero-order valence-corrected chi connectivity index (χ0v) is 28.6. The Morgan fingerprint density at radius 3 is 2.14 bits per heavy atom. The second-order valence-corrected chi connectivity index (χ2v) is 12.4. The van der Waals surface area contributed by atoms with Crippen LogP contribution in [0.15, 0.2) is 132 Å². The number of rotatable bonds is 12. The summed E-state index contributed by atoms with van der Waals surface area (Å²) in [5.74, 6) is -0.141. The highest BCUT2D eigenvalue weighted by molar-refractivity contribution is 8.00. The Labute approximate surface area is 294 Å². The third-order valence-electron chi connectivity index (χ3n) is 7.50. The van der Waals surface area contributed by atoms with E-state index >= 15 is 0 Å². The molecule has 0 fully saturated rings. The van der Waals surface area contributed by atoms with Gasteiger partial charge in [0, 0.05) is 38.5 Å². The van der Waals surface area contributed by atoms with Crippen LogP contribution in [-0.2, 0) is 9.59 Å². The summed E-state index contributed by atoms with van der Waals surface area (Å²) in [6, 6.07) is 35.8. The van der Waals surface area contributed by atoms with Crippen LogP contribution in [0.25, 0.3) is 6.08 Å². The van der Waals surface area contributed by atoms with Gasteiger partial charge in [0.15, 0.2) is 0 Å². The summed E-state index contributed by atoms with van der Waals surface area (Å²) in [4.78, 5) is 41.2. The Hall–Kier alpha value is -5.51. The monoisotopic (exact) mass is 691 g/mol. The third kappa shape index (κ3) is 9.10. The van der Waals surface area contributed by atoms with E-state index in [4.69, 9.17) is 21.1 Å². The zero-order valence-electron chi connectivity index (χ0n) is 27.0. The Morgan fingerprint density at radius 2 is 1.47 bits per heavy atom. The maximum absolute atomic E-state index is 13.6. The van der Waals surface area contributed by atoms with Crippen LogP contribution in [0.5, 0.6) is 11.5 Å². The lowest BCUT2D eigenvalue weighted by Crippen LogP contribution is -2.30. The van der Waals surface area contributed by atoms with Crippen molar-refractivity contribution in [3.8, 4) is 11.5 Å². The van der Waals surface area contributed by atoms with E-state index in [-0.39, 0.29) is 11.6 Å². The van der Waals surface area contributed by atoms with Gasteiger partial charge in [0.2, 0.25) is 5.91 Å². The first kappa shape index (κ1) is 34.8. The lowest BCUT2D eigenvalue weighted by atomic mass is 10.1. The second kappa shape index (κ2) is 16.5. The van der Waals surface area contributed by atoms with E-state index in [0.717, 1.165) is 16.0 Å². The quantitative estimate of drug-likeness (QED) is 0.0895. The number of nitrogens with one attached hydrogen (secondary N) is 3. The topological polar surface area (TPSA) is 106 Å². The average molecular weight is 692 g/mol. The molecule has 0 spiro atoms. The highest BCUT2D eigenvalue weighted by Gasteiger charge is 2.23. The summed E-state index contributed by atoms with van der Waals surface area (Å²) in [7, 11) is 3.06. The normalized spacial score (nSPS) is 11.6. The molecule has 0 aliphatic rings. The molecule has 0 heterocycles. The number of carbonyl (C=O) groups is 3. The largest absolute Gasteiger partial charge is 0.497 e. The van der Waals surface area contributed by atoms with E-state index in [9.17, 15) is 14.4 Å². The molecule has 1 unspecified atom stereocenters. The number of benzene rings is 5. The van der Waals surface area contributed by atoms with Crippen LogP contribution < -0.4 is 25.4 Å². The van der Waals surface area contributed by atoms with Gasteiger partial charge in [-0.1, -0.05) is 66.2 Å². The molecule has 248 valence electrons. The molecule has 5 aromatic carbocycles. The van der Waals surface area contributed by atoms with Gasteiger partial charge in [-0.15, -0.1) is 11.8 Å². The van der Waals surface area contributed by atoms with Crippen molar-refractivity contribution in [3.63, 3.8) is 0 Å². The fourth-order valence-electron chi connectivity index (χ4n) is 4.83. The van der Waals surface area contributed by atoms with Crippen molar-refractivity contribution in [2.45, 2.75) is 17.1 Å². The van der Waals surface area contributed by atoms with Crippen molar-refractivity contribution in [2.24, 2.45) is 0 Å². The van der Waals surface area contributed by atoms with Crippen LogP contribution in [0.1, 0.15) is 32.3 Å². The average Bonchev–Trinajstić information content (AvgIpc) is 3.13. The standard InChI is InChI=1S/C39H34ClN3O5S/c1-25-32(40)15-10-16-33(25)42-39(46)36(26-11-6-4-7-12-26)49-31-21-18-29(19-22-31)41-38(45)34(43-37(44)27-13-8-5-9-14-27)23-28-17-20-30(47-2)24-35(28)48-3/h4-24,36H,1-3H3,(H,41,45)(H,42,46)(H,43,44)/b34-23-. The highest BCUT2D eigenvalue weighted by atomic mass is 35.5. The van der Waals surface area contributed by atoms with Crippen LogP contribution in [0, 0.1) is 6.92 Å². The van der Waals surface area contributed by atoms with Crippen LogP contribution in [0.4, 0.5) is 11.4 Å². The number of carbonyl (C=O) groups excluding carboxylic acids is 3. The van der Waals surface area contributed by atoms with E-state index in [0.29, 0.717) is 39.0 Å². The van der Waals surface area contributed by atoms with Gasteiger partial charge in [0.25, 0.3) is 11.8 Å². The molecule has 5 aromatic rings. The number of thioether (sulfide) groups is 1. The molecule has 0 aromatic heterocycles. The number of hydrogen-bond acceptors (Lipinski definition) is 6. The van der Waals surface area contributed by atoms with Crippen molar-refractivity contribution < 1.29 is 23.9 Å². The second-order valence-electron chi connectivity index (χ2n) is 10.8. The molecule has 49 heavy (non-hydrogen) atoms. The van der Waals surface area contributed by atoms with E-state index in [1.54, 1.807) is 86.0 Å². The predicted octanol–water partition coefficient (Wildman–Crippen LogP) is 8.55. The minimum Gasteiger partial charge on any atom is -0.497 e. The number of methoxy groups -OCH3 is 2. The Bertz CT molecular complexity index is 1970. The first-order valence-electron chi connectivity index (χ1n) is 15.2. The maximum Gasteiger partial charge on any atom is 0.272 e. The minimum absolute atomic E-state index is 0.00731. The number of halogens is 1. The molecule has 0 saturated heterocycles. The number of ether oxygens (including phenoxy) is 2. The Balaban J connectivity index is 1.36. The third-order valence-corrected chi connectivity index (χ3v) is 9.18. The maximum atomic E-state index is 13.6. The van der Waals surface area contributed by atoms with E-state index in [1.165, 1.54) is 18.9 Å². The number of hydrogen-bond donors (Lipinski definition) is 3. The van der Waals surface area contributed by atoms with Gasteiger partial charge in [-0.2, -0.15) is 0 Å². The number of amides is 3. The van der Waals surface area contributed by atoms with Crippen molar-refractivity contribution in [1.29, 1.82) is 0 Å². The lowest BCUT2D eigenvalue weighted by Gasteiger charge is -2.18. The molecular formula is C39H34ClN3O5S. The fourth-order valence-corrected chi connectivity index (χ4v) is 6.03. The summed E-state index contributed by atoms with van der Waals surface area (Å²) in [5.41, 5.74) is 3.72. The Morgan fingerprint density at radius 1 is 0.776 bits per heavy atom. The predicted molar refractivity (Wildman–Crippen MR) is 196 cm³/mol. The van der Waals surface area contributed by atoms with Gasteiger partial charge in [-0.05, 0) is 84.8 Å². The minimum atomic E-state index is -0.567. The molecule has 8 nitrogen and oxygen atoms in total. The van der Waals surface area contributed by atoms with Crippen LogP contribution in [-0.4, -0.2) is 31.9 Å². The molecule has 0 aliphatic heterocycles. The van der Waals surface area contributed by atoms with Crippen molar-refractivity contribution in [1.82, 2.24) is 5.32 Å².